The minimum Gasteiger partial charge on any atom is -0.492 e. The zero-order valence-corrected chi connectivity index (χ0v) is 19.7. The molecule has 32 heavy (non-hydrogen) atoms. The molecule has 0 unspecified atom stereocenters. The number of anilines is 2. The molecular weight excluding hydrogens is 472 g/mol. The Balaban J connectivity index is 1.64. The van der Waals surface area contributed by atoms with E-state index in [9.17, 15) is 9.59 Å². The maximum atomic E-state index is 12.7. The SMILES string of the molecule is CCOc1ccccc1NC(=O)c1ccc(OC(C)(C)C(=O)Nc2ccc(Br)cc2)cc1. The van der Waals surface area contributed by atoms with Crippen LogP contribution in [-0.4, -0.2) is 24.0 Å². The lowest BCUT2D eigenvalue weighted by molar-refractivity contribution is -0.128. The van der Waals surface area contributed by atoms with Crippen LogP contribution >= 0.6 is 15.9 Å². The number of benzene rings is 3. The number of hydrogen-bond acceptors (Lipinski definition) is 4. The lowest BCUT2D eigenvalue weighted by Crippen LogP contribution is -2.42. The number of carbonyl (C=O) groups excluding carboxylic acids is 2. The maximum absolute atomic E-state index is 12.7. The average molecular weight is 497 g/mol. The molecule has 2 N–H and O–H groups in total. The van der Waals surface area contributed by atoms with Crippen molar-refractivity contribution >= 4 is 39.1 Å². The average Bonchev–Trinajstić information content (AvgIpc) is 2.77. The third-order valence-corrected chi connectivity index (χ3v) is 5.10. The Morgan fingerprint density at radius 2 is 1.56 bits per heavy atom. The van der Waals surface area contributed by atoms with E-state index in [1.165, 1.54) is 0 Å². The monoisotopic (exact) mass is 496 g/mol. The van der Waals surface area contributed by atoms with Gasteiger partial charge in [-0.15, -0.1) is 0 Å². The van der Waals surface area contributed by atoms with Crippen molar-refractivity contribution in [3.05, 3.63) is 82.8 Å². The number of halogens is 1. The number of ether oxygens (including phenoxy) is 2. The third-order valence-electron chi connectivity index (χ3n) is 4.57. The Labute approximate surface area is 196 Å². The predicted octanol–water partition coefficient (Wildman–Crippen LogP) is 5.90. The summed E-state index contributed by atoms with van der Waals surface area (Å²) in [6.07, 6.45) is 0. The predicted molar refractivity (Wildman–Crippen MR) is 129 cm³/mol. The van der Waals surface area contributed by atoms with Crippen molar-refractivity contribution in [1.29, 1.82) is 0 Å². The topological polar surface area (TPSA) is 76.7 Å². The number of carbonyl (C=O) groups is 2. The van der Waals surface area contributed by atoms with Crippen LogP contribution in [0.4, 0.5) is 11.4 Å². The van der Waals surface area contributed by atoms with Crippen molar-refractivity contribution in [2.24, 2.45) is 0 Å². The van der Waals surface area contributed by atoms with Gasteiger partial charge in [-0.1, -0.05) is 28.1 Å². The van der Waals surface area contributed by atoms with E-state index in [1.54, 1.807) is 62.4 Å². The van der Waals surface area contributed by atoms with Crippen molar-refractivity contribution < 1.29 is 19.1 Å². The molecule has 0 aliphatic heterocycles. The Morgan fingerprint density at radius 1 is 0.906 bits per heavy atom. The van der Waals surface area contributed by atoms with E-state index in [1.807, 2.05) is 31.2 Å². The van der Waals surface area contributed by atoms with Gasteiger partial charge in [0, 0.05) is 15.7 Å². The first-order chi connectivity index (χ1) is 15.3. The molecule has 3 aromatic carbocycles. The molecule has 0 spiro atoms. The second-order valence-corrected chi connectivity index (χ2v) is 8.40. The van der Waals surface area contributed by atoms with Crippen LogP contribution < -0.4 is 20.1 Å². The molecular formula is C25H25BrN2O4. The van der Waals surface area contributed by atoms with Crippen LogP contribution in [0.1, 0.15) is 31.1 Å². The van der Waals surface area contributed by atoms with Crippen LogP contribution in [0.3, 0.4) is 0 Å². The molecule has 0 saturated heterocycles. The number of amides is 2. The van der Waals surface area contributed by atoms with Crippen LogP contribution in [0.2, 0.25) is 0 Å². The zero-order valence-electron chi connectivity index (χ0n) is 18.1. The summed E-state index contributed by atoms with van der Waals surface area (Å²) in [7, 11) is 0. The van der Waals surface area contributed by atoms with Crippen molar-refractivity contribution in [3.63, 3.8) is 0 Å². The Kier molecular flexibility index (Phi) is 7.53. The van der Waals surface area contributed by atoms with E-state index in [4.69, 9.17) is 9.47 Å². The lowest BCUT2D eigenvalue weighted by Gasteiger charge is -2.25. The van der Waals surface area contributed by atoms with E-state index in [-0.39, 0.29) is 11.8 Å². The van der Waals surface area contributed by atoms with Crippen LogP contribution in [0.25, 0.3) is 0 Å². The van der Waals surface area contributed by atoms with Gasteiger partial charge < -0.3 is 20.1 Å². The molecule has 0 saturated carbocycles. The first-order valence-electron chi connectivity index (χ1n) is 10.2. The number of para-hydroxylation sites is 2. The van der Waals surface area contributed by atoms with Gasteiger partial charge in [0.2, 0.25) is 0 Å². The second kappa shape index (κ2) is 10.3. The summed E-state index contributed by atoms with van der Waals surface area (Å²) in [5.41, 5.74) is 0.619. The van der Waals surface area contributed by atoms with E-state index in [0.717, 1.165) is 4.47 Å². The highest BCUT2D eigenvalue weighted by Gasteiger charge is 2.30. The molecule has 0 heterocycles. The number of hydrogen-bond donors (Lipinski definition) is 2. The van der Waals surface area contributed by atoms with Gasteiger partial charge in [-0.2, -0.15) is 0 Å². The van der Waals surface area contributed by atoms with E-state index in [0.29, 0.717) is 35.0 Å². The van der Waals surface area contributed by atoms with Crippen molar-refractivity contribution in [1.82, 2.24) is 0 Å². The van der Waals surface area contributed by atoms with E-state index >= 15 is 0 Å². The van der Waals surface area contributed by atoms with Crippen molar-refractivity contribution in [2.45, 2.75) is 26.4 Å². The van der Waals surface area contributed by atoms with Gasteiger partial charge in [-0.25, -0.2) is 0 Å². The van der Waals surface area contributed by atoms with Crippen LogP contribution in [0, 0.1) is 0 Å². The summed E-state index contributed by atoms with van der Waals surface area (Å²) >= 11 is 3.37. The highest BCUT2D eigenvalue weighted by molar-refractivity contribution is 9.10. The highest BCUT2D eigenvalue weighted by atomic mass is 79.9. The normalized spacial score (nSPS) is 10.9. The van der Waals surface area contributed by atoms with Crippen LogP contribution in [0.5, 0.6) is 11.5 Å². The van der Waals surface area contributed by atoms with E-state index < -0.39 is 5.60 Å². The summed E-state index contributed by atoms with van der Waals surface area (Å²) in [6.45, 7) is 5.76. The molecule has 0 aliphatic carbocycles. The molecule has 0 radical (unpaired) electrons. The number of rotatable bonds is 8. The van der Waals surface area contributed by atoms with Gasteiger partial charge in [0.05, 0.1) is 12.3 Å². The lowest BCUT2D eigenvalue weighted by atomic mass is 10.1. The largest absolute Gasteiger partial charge is 0.492 e. The fourth-order valence-electron chi connectivity index (χ4n) is 2.88. The molecule has 0 aromatic heterocycles. The summed E-state index contributed by atoms with van der Waals surface area (Å²) < 4.78 is 12.4. The fourth-order valence-corrected chi connectivity index (χ4v) is 3.14. The van der Waals surface area contributed by atoms with Gasteiger partial charge in [-0.3, -0.25) is 9.59 Å². The first kappa shape index (κ1) is 23.3. The van der Waals surface area contributed by atoms with Gasteiger partial charge in [-0.05, 0) is 81.4 Å². The van der Waals surface area contributed by atoms with Gasteiger partial charge in [0.25, 0.3) is 11.8 Å². The molecule has 0 atom stereocenters. The van der Waals surface area contributed by atoms with Gasteiger partial charge >= 0.3 is 0 Å². The zero-order chi connectivity index (χ0) is 23.1. The second-order valence-electron chi connectivity index (χ2n) is 7.48. The Morgan fingerprint density at radius 3 is 2.22 bits per heavy atom. The maximum Gasteiger partial charge on any atom is 0.267 e. The summed E-state index contributed by atoms with van der Waals surface area (Å²) in [4.78, 5) is 25.3. The Bertz CT molecular complexity index is 1080. The standard InChI is InChI=1S/C25H25BrN2O4/c1-4-31-22-8-6-5-7-21(22)28-23(29)17-9-15-20(16-10-17)32-25(2,3)24(30)27-19-13-11-18(26)12-14-19/h5-16H,4H2,1-3H3,(H,27,30)(H,28,29). The van der Waals surface area contributed by atoms with Gasteiger partial charge in [0.15, 0.2) is 5.60 Å². The molecule has 0 aliphatic rings. The molecule has 0 fully saturated rings. The summed E-state index contributed by atoms with van der Waals surface area (Å²) in [5.74, 6) is 0.541. The first-order valence-corrected chi connectivity index (χ1v) is 11.0. The van der Waals surface area contributed by atoms with Crippen LogP contribution in [0.15, 0.2) is 77.3 Å². The quantitative estimate of drug-likeness (QED) is 0.407. The molecule has 7 heteroatoms. The van der Waals surface area contributed by atoms with Gasteiger partial charge in [0.1, 0.15) is 11.5 Å². The smallest absolute Gasteiger partial charge is 0.267 e. The molecule has 2 amide bonds. The summed E-state index contributed by atoms with van der Waals surface area (Å²) in [6, 6.07) is 21.2. The minimum absolute atomic E-state index is 0.268. The summed E-state index contributed by atoms with van der Waals surface area (Å²) in [5, 5.41) is 5.70. The molecule has 166 valence electrons. The fraction of sp³-hybridized carbons (Fsp3) is 0.200. The number of nitrogens with one attached hydrogen (secondary N) is 2. The van der Waals surface area contributed by atoms with Crippen molar-refractivity contribution in [2.75, 3.05) is 17.2 Å². The molecule has 6 nitrogen and oxygen atoms in total. The van der Waals surface area contributed by atoms with Crippen molar-refractivity contribution in [3.8, 4) is 11.5 Å². The highest BCUT2D eigenvalue weighted by Crippen LogP contribution is 2.25. The molecule has 3 aromatic rings. The Hall–Kier alpha value is -3.32. The van der Waals surface area contributed by atoms with E-state index in [2.05, 4.69) is 26.6 Å². The third kappa shape index (κ3) is 6.11. The van der Waals surface area contributed by atoms with Crippen LogP contribution in [-0.2, 0) is 4.79 Å². The molecule has 3 rings (SSSR count). The molecule has 0 bridgehead atoms. The minimum atomic E-state index is -1.12.